The normalized spacial score (nSPS) is 15.0. The predicted octanol–water partition coefficient (Wildman–Crippen LogP) is 6.44. The van der Waals surface area contributed by atoms with Gasteiger partial charge in [0.25, 0.3) is 23.6 Å². The van der Waals surface area contributed by atoms with Gasteiger partial charge in [-0.1, -0.05) is 60.2 Å². The number of aryl methyl sites for hydroxylation is 1. The molecule has 8 aromatic carbocycles. The van der Waals surface area contributed by atoms with Crippen molar-refractivity contribution in [3.63, 3.8) is 0 Å². The molecule has 45 heteroatoms. The van der Waals surface area contributed by atoms with Crippen LogP contribution in [0.2, 0.25) is 0 Å². The van der Waals surface area contributed by atoms with Crippen LogP contribution in [-0.4, -0.2) is 281 Å². The number of rotatable bonds is 27. The molecule has 0 aliphatic carbocycles. The topological polar surface area (TPSA) is 461 Å². The molecule has 127 heavy (non-hydrogen) atoms. The number of nitrogens with zero attached hydrogens (tertiary/aromatic N) is 7. The zero-order valence-corrected chi connectivity index (χ0v) is 74.6. The van der Waals surface area contributed by atoms with Crippen LogP contribution < -0.4 is 79.5 Å². The highest BCUT2D eigenvalue weighted by molar-refractivity contribution is 7.90. The Labute approximate surface area is 734 Å². The molecule has 4 aliphatic heterocycles. The van der Waals surface area contributed by atoms with Gasteiger partial charge in [0.05, 0.1) is 96.2 Å². The summed E-state index contributed by atoms with van der Waals surface area (Å²) < 4.78 is 200. The molecule has 8 aromatic rings. The van der Waals surface area contributed by atoms with Crippen molar-refractivity contribution in [2.24, 2.45) is 0 Å². The van der Waals surface area contributed by atoms with E-state index in [4.69, 9.17) is 68.2 Å². The minimum absolute atomic E-state index is 0.0257. The molecule has 0 atom stereocenters. The number of halogens is 3. The van der Waals surface area contributed by atoms with Gasteiger partial charge in [0.2, 0.25) is 40.1 Å². The van der Waals surface area contributed by atoms with Crippen molar-refractivity contribution < 1.29 is 134 Å². The fourth-order valence-corrected chi connectivity index (χ4v) is 20.3. The standard InChI is InChI=1S/C21H27N3O7S.C20H22F3N3O6S.C20H25N3O6S.C13H19N3O6S.C8H10O/c1-29-16-6-4-15(5-7-16)14-23-10-12-24(13-11-23)32(27,28)18-9-8-17(30-2)20(31-3)19(18)21(25)22-26;1-31-15-7-8-16(17(18(15)32-2)19(27)24-28)33(29,30)26-11-9-25(10-12-26)14-5-3-13(4-6-14)20(21,22)23;1-28-16-8-9-17(18(19(16)29-2)20(24)21-25)30(26,27)23-12-10-22(11-13-23)14-15-6-4-3-5-7-15;1-21-9-3-4-10(11(12(9)22-2)13(17)15-18)23(19,20)16-7-5-14-6-8-16;1-7-3-5-8(9-2)6-4-7/h4-9,26H,10-14H2,1-3H3,(H,22,25);3-8,28H,9-12H2,1-2H3,(H,24,27);3-9,25H,10-14H2,1-2H3,(H,21,24);3-4,14,18H,5-8H2,1-2H3,(H,15,17);3-6H,1-2H3. The van der Waals surface area contributed by atoms with Crippen LogP contribution in [0.25, 0.3) is 0 Å². The number of carbonyl (C=O) groups excluding carboxylic acids is 4. The van der Waals surface area contributed by atoms with Crippen LogP contribution in [0.4, 0.5) is 18.9 Å². The monoisotopic (exact) mass is 1860 g/mol. The van der Waals surface area contributed by atoms with Crippen molar-refractivity contribution in [3.05, 3.63) is 196 Å². The van der Waals surface area contributed by atoms with Crippen LogP contribution in [0.15, 0.2) is 171 Å². The lowest BCUT2D eigenvalue weighted by Crippen LogP contribution is -2.49. The Morgan fingerprint density at radius 1 is 0.346 bits per heavy atom. The number of ether oxygens (including phenoxy) is 10. The molecule has 4 heterocycles. The molecule has 4 amide bonds. The fourth-order valence-electron chi connectivity index (χ4n) is 13.8. The van der Waals surface area contributed by atoms with Gasteiger partial charge in [-0.25, -0.2) is 55.6 Å². The van der Waals surface area contributed by atoms with E-state index in [2.05, 4.69) is 22.0 Å². The number of amides is 4. The van der Waals surface area contributed by atoms with E-state index in [9.17, 15) is 66.0 Å². The number of benzene rings is 8. The third-order valence-corrected chi connectivity index (χ3v) is 28.2. The maximum absolute atomic E-state index is 13.4. The number of hydroxylamine groups is 4. The maximum Gasteiger partial charge on any atom is 0.416 e. The van der Waals surface area contributed by atoms with Crippen molar-refractivity contribution in [2.45, 2.75) is 45.8 Å². The molecule has 9 N–H and O–H groups in total. The van der Waals surface area contributed by atoms with Gasteiger partial charge in [0.1, 0.15) is 33.8 Å². The van der Waals surface area contributed by atoms with Gasteiger partial charge in [-0.05, 0) is 115 Å². The second-order valence-electron chi connectivity index (χ2n) is 27.8. The third kappa shape index (κ3) is 24.7. The second-order valence-corrected chi connectivity index (χ2v) is 35.4. The molecule has 692 valence electrons. The number of piperazine rings is 4. The lowest BCUT2D eigenvalue weighted by Gasteiger charge is -2.35. The molecular formula is C82H103F3N12O26S4. The van der Waals surface area contributed by atoms with E-state index in [1.807, 2.05) is 78.9 Å². The van der Waals surface area contributed by atoms with E-state index >= 15 is 0 Å². The van der Waals surface area contributed by atoms with E-state index in [1.54, 1.807) is 19.1 Å². The van der Waals surface area contributed by atoms with Gasteiger partial charge in [-0.15, -0.1) is 0 Å². The van der Waals surface area contributed by atoms with Crippen molar-refractivity contribution in [1.29, 1.82) is 0 Å². The number of methoxy groups -OCH3 is 10. The van der Waals surface area contributed by atoms with E-state index in [1.165, 1.54) is 158 Å². The highest BCUT2D eigenvalue weighted by atomic mass is 32.2. The lowest BCUT2D eigenvalue weighted by atomic mass is 10.1. The Hall–Kier alpha value is -11.4. The van der Waals surface area contributed by atoms with Crippen LogP contribution in [0.5, 0.6) is 57.5 Å². The van der Waals surface area contributed by atoms with Gasteiger partial charge >= 0.3 is 6.18 Å². The summed E-state index contributed by atoms with van der Waals surface area (Å²) in [5.74, 6) is -2.09. The summed E-state index contributed by atoms with van der Waals surface area (Å²) in [6, 6.07) is 40.9. The molecule has 0 saturated carbocycles. The first-order chi connectivity index (χ1) is 60.6. The van der Waals surface area contributed by atoms with Gasteiger partial charge in [-0.3, -0.25) is 49.8 Å². The minimum Gasteiger partial charge on any atom is -0.497 e. The van der Waals surface area contributed by atoms with Crippen LogP contribution >= 0.6 is 0 Å². The molecule has 4 aliphatic rings. The van der Waals surface area contributed by atoms with Crippen LogP contribution in [0.3, 0.4) is 0 Å². The van der Waals surface area contributed by atoms with Crippen molar-refractivity contribution in [2.75, 3.05) is 181 Å². The van der Waals surface area contributed by atoms with E-state index < -0.39 is 81.0 Å². The molecule has 0 bridgehead atoms. The highest BCUT2D eigenvalue weighted by Gasteiger charge is 2.40. The number of carbonyl (C=O) groups is 4. The Kier molecular flexibility index (Phi) is 36.9. The molecule has 0 radical (unpaired) electrons. The number of anilines is 1. The van der Waals surface area contributed by atoms with Gasteiger partial charge < -0.3 is 57.6 Å². The summed E-state index contributed by atoms with van der Waals surface area (Å²) in [6.45, 7) is 8.85. The van der Waals surface area contributed by atoms with Crippen LogP contribution in [0.1, 0.15) is 63.7 Å². The zero-order chi connectivity index (χ0) is 93.1. The van der Waals surface area contributed by atoms with Gasteiger partial charge in [0.15, 0.2) is 46.0 Å². The Morgan fingerprint density at radius 2 is 0.630 bits per heavy atom. The highest BCUT2D eigenvalue weighted by Crippen LogP contribution is 2.42. The van der Waals surface area contributed by atoms with Gasteiger partial charge in [-0.2, -0.15) is 30.4 Å². The zero-order valence-electron chi connectivity index (χ0n) is 71.3. The number of nitrogens with one attached hydrogen (secondary N) is 5. The van der Waals surface area contributed by atoms with E-state index in [-0.39, 0.29) is 148 Å². The third-order valence-electron chi connectivity index (χ3n) is 20.4. The second kappa shape index (κ2) is 46.4. The number of hydrogen-bond acceptors (Lipinski definition) is 30. The molecule has 38 nitrogen and oxygen atoms in total. The van der Waals surface area contributed by atoms with Crippen LogP contribution in [-0.2, 0) is 59.4 Å². The molecule has 0 unspecified atom stereocenters. The van der Waals surface area contributed by atoms with Crippen LogP contribution in [0, 0.1) is 6.92 Å². The molecule has 4 fully saturated rings. The number of hydrogen-bond donors (Lipinski definition) is 9. The fraction of sp³-hybridized carbons (Fsp3) is 0.366. The molecule has 0 aromatic heterocycles. The number of sulfonamides is 4. The smallest absolute Gasteiger partial charge is 0.416 e. The van der Waals surface area contributed by atoms with E-state index in [0.29, 0.717) is 51.5 Å². The van der Waals surface area contributed by atoms with Crippen molar-refractivity contribution in [1.82, 2.24) is 54.3 Å². The molecule has 4 saturated heterocycles. The molecule has 0 spiro atoms. The summed E-state index contributed by atoms with van der Waals surface area (Å²) in [7, 11) is -2.33. The summed E-state index contributed by atoms with van der Waals surface area (Å²) in [6.07, 6.45) is -4.44. The largest absolute Gasteiger partial charge is 0.497 e. The van der Waals surface area contributed by atoms with Gasteiger partial charge in [0, 0.05) is 123 Å². The van der Waals surface area contributed by atoms with E-state index in [0.717, 1.165) is 45.6 Å². The maximum atomic E-state index is 13.4. The Balaban J connectivity index is 0.000000204. The summed E-state index contributed by atoms with van der Waals surface area (Å²) in [5.41, 5.74) is 7.82. The quantitative estimate of drug-likeness (QED) is 0.0197. The Bertz CT molecular complexity index is 5520. The summed E-state index contributed by atoms with van der Waals surface area (Å²) in [4.78, 5) is 53.9. The molecule has 12 rings (SSSR count). The Morgan fingerprint density at radius 3 is 0.906 bits per heavy atom. The number of alkyl halides is 3. The summed E-state index contributed by atoms with van der Waals surface area (Å²) in [5, 5.41) is 39.4. The first kappa shape index (κ1) is 101. The van der Waals surface area contributed by atoms with Crippen molar-refractivity contribution >= 4 is 69.4 Å². The molecular weight excluding hydrogens is 1750 g/mol. The lowest BCUT2D eigenvalue weighted by molar-refractivity contribution is -0.137. The predicted molar refractivity (Wildman–Crippen MR) is 454 cm³/mol. The SMILES string of the molecule is COc1ccc(C)cc1.COc1ccc(CN2CCN(S(=O)(=O)c3ccc(OC)c(OC)c3C(=O)NO)CC2)cc1.COc1ccc(S(=O)(=O)N2CCN(Cc3ccccc3)CC2)c(C(=O)NO)c1OC.COc1ccc(S(=O)(=O)N2CCN(c3ccc(C(F)(F)F)cc3)CC2)c(C(=O)NO)c1OC.COc1ccc(S(=O)(=O)N2CCNCC2)c(C(=O)NO)c1OC. The average Bonchev–Trinajstić information content (AvgIpc) is 0.775. The summed E-state index contributed by atoms with van der Waals surface area (Å²) >= 11 is 0. The first-order valence-electron chi connectivity index (χ1n) is 38.7. The first-order valence-corrected chi connectivity index (χ1v) is 44.5. The minimum atomic E-state index is -4.44. The average molecular weight is 1860 g/mol. The van der Waals surface area contributed by atoms with Crippen molar-refractivity contribution in [3.8, 4) is 57.5 Å².